The van der Waals surface area contributed by atoms with E-state index in [4.69, 9.17) is 4.74 Å². The summed E-state index contributed by atoms with van der Waals surface area (Å²) in [4.78, 5) is 4.71. The van der Waals surface area contributed by atoms with Crippen molar-refractivity contribution < 1.29 is 9.84 Å². The van der Waals surface area contributed by atoms with Crippen molar-refractivity contribution >= 4 is 0 Å². The van der Waals surface area contributed by atoms with Crippen LogP contribution in [-0.2, 0) is 13.0 Å². The van der Waals surface area contributed by atoms with Crippen LogP contribution < -0.4 is 4.74 Å². The van der Waals surface area contributed by atoms with Crippen molar-refractivity contribution in [3.05, 3.63) is 77.5 Å². The highest BCUT2D eigenvalue weighted by molar-refractivity contribution is 5.37. The highest BCUT2D eigenvalue weighted by Gasteiger charge is 2.22. The molecular weight excluding hydrogens is 372 g/mol. The number of β-amino-alcohol motifs (C(OH)–C–C–N with tert-alkyl or cyclic N) is 1. The van der Waals surface area contributed by atoms with Crippen LogP contribution in [0.1, 0.15) is 42.6 Å². The van der Waals surface area contributed by atoms with E-state index in [1.54, 1.807) is 0 Å². The summed E-state index contributed by atoms with van der Waals surface area (Å²) in [6.07, 6.45) is 2.91. The Balaban J connectivity index is 1.23. The van der Waals surface area contributed by atoms with Crippen LogP contribution in [0.2, 0.25) is 0 Å². The highest BCUT2D eigenvalue weighted by atomic mass is 16.5. The Hall–Kier alpha value is -2.30. The molecule has 1 atom stereocenters. The van der Waals surface area contributed by atoms with E-state index in [1.807, 2.05) is 30.3 Å². The minimum atomic E-state index is -0.409. The standard InChI is InChI=1S/C26H34N2O2/c1-20(2)28-15-12-22-8-9-25(16-24(22)17-28)30-19-21-10-13-27(14-11-21)18-26(29)23-6-4-3-5-7-23/h3-9,16,21,26,29H,1,10-15,17-19H2,2H3. The van der Waals surface area contributed by atoms with Gasteiger partial charge in [0, 0.05) is 25.3 Å². The van der Waals surface area contributed by atoms with E-state index in [0.29, 0.717) is 12.5 Å². The van der Waals surface area contributed by atoms with Crippen molar-refractivity contribution in [3.8, 4) is 5.75 Å². The predicted octanol–water partition coefficient (Wildman–Crippen LogP) is 4.40. The van der Waals surface area contributed by atoms with Gasteiger partial charge in [-0.1, -0.05) is 43.0 Å². The molecule has 0 bridgehead atoms. The molecule has 2 aliphatic rings. The van der Waals surface area contributed by atoms with E-state index in [2.05, 4.69) is 41.5 Å². The van der Waals surface area contributed by atoms with E-state index in [-0.39, 0.29) is 0 Å². The quantitative estimate of drug-likeness (QED) is 0.739. The summed E-state index contributed by atoms with van der Waals surface area (Å²) in [5.41, 5.74) is 4.94. The molecule has 4 nitrogen and oxygen atoms in total. The summed E-state index contributed by atoms with van der Waals surface area (Å²) in [6.45, 7) is 11.7. The molecule has 2 aromatic rings. The lowest BCUT2D eigenvalue weighted by atomic mass is 9.97. The molecule has 1 N–H and O–H groups in total. The van der Waals surface area contributed by atoms with E-state index < -0.39 is 6.10 Å². The number of ether oxygens (including phenoxy) is 1. The van der Waals surface area contributed by atoms with Crippen molar-refractivity contribution in [2.45, 2.75) is 38.8 Å². The molecule has 4 rings (SSSR count). The first-order chi connectivity index (χ1) is 14.6. The van der Waals surface area contributed by atoms with E-state index in [1.165, 1.54) is 11.1 Å². The van der Waals surface area contributed by atoms with Gasteiger partial charge in [-0.2, -0.15) is 0 Å². The second kappa shape index (κ2) is 9.67. The van der Waals surface area contributed by atoms with E-state index in [0.717, 1.165) is 69.1 Å². The molecule has 1 fully saturated rings. The fraction of sp³-hybridized carbons (Fsp3) is 0.462. The lowest BCUT2D eigenvalue weighted by Gasteiger charge is -2.33. The van der Waals surface area contributed by atoms with Crippen LogP contribution in [0, 0.1) is 5.92 Å². The van der Waals surface area contributed by atoms with Crippen molar-refractivity contribution in [3.63, 3.8) is 0 Å². The molecule has 1 saturated heterocycles. The Morgan fingerprint density at radius 2 is 1.87 bits per heavy atom. The van der Waals surface area contributed by atoms with Gasteiger partial charge in [-0.3, -0.25) is 0 Å². The minimum absolute atomic E-state index is 0.409. The Kier molecular flexibility index (Phi) is 6.76. The summed E-state index contributed by atoms with van der Waals surface area (Å²) in [7, 11) is 0. The smallest absolute Gasteiger partial charge is 0.119 e. The molecule has 0 radical (unpaired) electrons. The largest absolute Gasteiger partial charge is 0.493 e. The van der Waals surface area contributed by atoms with Crippen molar-refractivity contribution in [2.24, 2.45) is 5.92 Å². The van der Waals surface area contributed by atoms with Gasteiger partial charge in [0.15, 0.2) is 0 Å². The molecule has 160 valence electrons. The Morgan fingerprint density at radius 3 is 2.60 bits per heavy atom. The first-order valence-electron chi connectivity index (χ1n) is 11.2. The number of fused-ring (bicyclic) bond motifs is 1. The normalized spacial score (nSPS) is 18.7. The Morgan fingerprint density at radius 1 is 1.10 bits per heavy atom. The lowest BCUT2D eigenvalue weighted by Crippen LogP contribution is -2.38. The van der Waals surface area contributed by atoms with Crippen molar-refractivity contribution in [2.75, 3.05) is 32.8 Å². The fourth-order valence-electron chi connectivity index (χ4n) is 4.52. The second-order valence-corrected chi connectivity index (χ2v) is 8.82. The van der Waals surface area contributed by atoms with Crippen LogP contribution >= 0.6 is 0 Å². The minimum Gasteiger partial charge on any atom is -0.493 e. The summed E-state index contributed by atoms with van der Waals surface area (Å²) in [6, 6.07) is 16.5. The number of aliphatic hydroxyl groups is 1. The number of aliphatic hydroxyl groups excluding tert-OH is 1. The topological polar surface area (TPSA) is 35.9 Å². The van der Waals surface area contributed by atoms with Gasteiger partial charge in [-0.05, 0) is 74.0 Å². The first-order valence-corrected chi connectivity index (χ1v) is 11.2. The van der Waals surface area contributed by atoms with Gasteiger partial charge in [0.05, 0.1) is 12.7 Å². The molecule has 2 aliphatic heterocycles. The zero-order valence-corrected chi connectivity index (χ0v) is 18.1. The van der Waals surface area contributed by atoms with Crippen LogP contribution in [-0.4, -0.2) is 47.7 Å². The maximum absolute atomic E-state index is 10.5. The van der Waals surface area contributed by atoms with E-state index >= 15 is 0 Å². The molecule has 0 amide bonds. The molecule has 0 spiro atoms. The van der Waals surface area contributed by atoms with Gasteiger partial charge in [0.25, 0.3) is 0 Å². The SMILES string of the molecule is C=C(C)N1CCc2ccc(OCC3CCN(CC(O)c4ccccc4)CC3)cc2C1. The van der Waals surface area contributed by atoms with Gasteiger partial charge >= 0.3 is 0 Å². The molecule has 4 heteroatoms. The molecule has 0 saturated carbocycles. The first kappa shape index (κ1) is 21.0. The summed E-state index contributed by atoms with van der Waals surface area (Å²) < 4.78 is 6.18. The van der Waals surface area contributed by atoms with Gasteiger partial charge in [0.1, 0.15) is 5.75 Å². The van der Waals surface area contributed by atoms with Crippen LogP contribution in [0.15, 0.2) is 60.8 Å². The van der Waals surface area contributed by atoms with Crippen LogP contribution in [0.3, 0.4) is 0 Å². The number of nitrogens with zero attached hydrogens (tertiary/aromatic N) is 2. The molecule has 0 aliphatic carbocycles. The molecule has 30 heavy (non-hydrogen) atoms. The maximum Gasteiger partial charge on any atom is 0.119 e. The second-order valence-electron chi connectivity index (χ2n) is 8.82. The summed E-state index contributed by atoms with van der Waals surface area (Å²) in [5.74, 6) is 1.57. The predicted molar refractivity (Wildman–Crippen MR) is 121 cm³/mol. The molecule has 2 heterocycles. The zero-order chi connectivity index (χ0) is 20.9. The molecule has 2 aromatic carbocycles. The number of rotatable bonds is 7. The third-order valence-corrected chi connectivity index (χ3v) is 6.54. The number of hydrogen-bond donors (Lipinski definition) is 1. The van der Waals surface area contributed by atoms with Gasteiger partial charge in [-0.15, -0.1) is 0 Å². The van der Waals surface area contributed by atoms with Crippen molar-refractivity contribution in [1.29, 1.82) is 0 Å². The number of allylic oxidation sites excluding steroid dienone is 1. The third-order valence-electron chi connectivity index (χ3n) is 6.54. The van der Waals surface area contributed by atoms with Crippen LogP contribution in [0.5, 0.6) is 5.75 Å². The number of piperidine rings is 1. The van der Waals surface area contributed by atoms with Gasteiger partial charge < -0.3 is 19.6 Å². The Labute approximate surface area is 180 Å². The Bertz CT molecular complexity index is 843. The monoisotopic (exact) mass is 406 g/mol. The lowest BCUT2D eigenvalue weighted by molar-refractivity contribution is 0.0793. The van der Waals surface area contributed by atoms with Gasteiger partial charge in [-0.25, -0.2) is 0 Å². The number of benzene rings is 2. The summed E-state index contributed by atoms with van der Waals surface area (Å²) >= 11 is 0. The maximum atomic E-state index is 10.5. The van der Waals surface area contributed by atoms with Gasteiger partial charge in [0.2, 0.25) is 0 Å². The number of likely N-dealkylation sites (tertiary alicyclic amines) is 1. The number of hydrogen-bond acceptors (Lipinski definition) is 4. The molecule has 0 aromatic heterocycles. The van der Waals surface area contributed by atoms with Crippen LogP contribution in [0.4, 0.5) is 0 Å². The average Bonchev–Trinajstić information content (AvgIpc) is 2.78. The average molecular weight is 407 g/mol. The third kappa shape index (κ3) is 5.24. The summed E-state index contributed by atoms with van der Waals surface area (Å²) in [5, 5.41) is 10.5. The zero-order valence-electron chi connectivity index (χ0n) is 18.1. The van der Waals surface area contributed by atoms with E-state index in [9.17, 15) is 5.11 Å². The van der Waals surface area contributed by atoms with Crippen LogP contribution in [0.25, 0.3) is 0 Å². The van der Waals surface area contributed by atoms with Crippen molar-refractivity contribution in [1.82, 2.24) is 9.80 Å². The fourth-order valence-corrected chi connectivity index (χ4v) is 4.52. The molecular formula is C26H34N2O2. The highest BCUT2D eigenvalue weighted by Crippen LogP contribution is 2.27. The molecule has 1 unspecified atom stereocenters.